The van der Waals surface area contributed by atoms with Gasteiger partial charge in [0.05, 0.1) is 14.2 Å². The molecule has 126 valence electrons. The molecule has 0 fully saturated rings. The minimum absolute atomic E-state index is 0.675. The van der Waals surface area contributed by atoms with E-state index in [-0.39, 0.29) is 0 Å². The molecule has 2 unspecified atom stereocenters. The lowest BCUT2D eigenvalue weighted by Gasteiger charge is -2.06. The topological polar surface area (TPSA) is 30.8 Å². The lowest BCUT2D eigenvalue weighted by atomic mass is 10.3. The number of hydrogen-bond donors (Lipinski definition) is 0. The van der Waals surface area contributed by atoms with Gasteiger partial charge in [0.1, 0.15) is 11.5 Å². The van der Waals surface area contributed by atoms with E-state index in [1.54, 1.807) is 14.2 Å². The third-order valence-electron chi connectivity index (χ3n) is 3.30. The molecule has 0 heterocycles. The molecule has 0 spiro atoms. The summed E-state index contributed by atoms with van der Waals surface area (Å²) in [5, 5.41) is 2.50. The number of para-hydroxylation sites is 2. The van der Waals surface area contributed by atoms with Gasteiger partial charge in [-0.25, -0.2) is 0 Å². The van der Waals surface area contributed by atoms with Crippen LogP contribution in [-0.2, 0) is 0 Å². The van der Waals surface area contributed by atoms with Crippen molar-refractivity contribution >= 4 is 34.0 Å². The Labute approximate surface area is 147 Å². The van der Waals surface area contributed by atoms with Crippen LogP contribution in [0, 0.1) is 0 Å². The van der Waals surface area contributed by atoms with Gasteiger partial charge < -0.3 is 9.47 Å². The molecule has 2 aromatic rings. The van der Waals surface area contributed by atoms with Gasteiger partial charge in [-0.15, -0.1) is 0 Å². The summed E-state index contributed by atoms with van der Waals surface area (Å²) in [6.07, 6.45) is 7.86. The van der Waals surface area contributed by atoms with Gasteiger partial charge in [-0.05, 0) is 18.3 Å². The molecule has 2 atom stereocenters. The normalized spacial score (nSPS) is 12.2. The standard InChI is InChI=1S/C19H23NO2P2/c1-21-16-8-3-5-10-18(16)23-14-7-12-20-13-15-24-19-11-6-4-9-17(19)22-2/h3-13,23-24H,14-15H2,1-2H3. The van der Waals surface area contributed by atoms with E-state index in [2.05, 4.69) is 23.2 Å². The minimum Gasteiger partial charge on any atom is -0.496 e. The highest BCUT2D eigenvalue weighted by molar-refractivity contribution is 7.48. The van der Waals surface area contributed by atoms with Crippen molar-refractivity contribution in [3.8, 4) is 11.5 Å². The number of methoxy groups -OCH3 is 2. The van der Waals surface area contributed by atoms with Gasteiger partial charge in [0.2, 0.25) is 0 Å². The highest BCUT2D eigenvalue weighted by Crippen LogP contribution is 2.19. The maximum absolute atomic E-state index is 5.36. The average Bonchev–Trinajstić information content (AvgIpc) is 2.64. The summed E-state index contributed by atoms with van der Waals surface area (Å²) < 4.78 is 10.7. The molecule has 0 aliphatic carbocycles. The Morgan fingerprint density at radius 1 is 0.833 bits per heavy atom. The van der Waals surface area contributed by atoms with Crippen LogP contribution < -0.4 is 20.1 Å². The Kier molecular flexibility index (Phi) is 8.52. The van der Waals surface area contributed by atoms with Crippen LogP contribution >= 0.6 is 17.2 Å². The summed E-state index contributed by atoms with van der Waals surface area (Å²) in [6.45, 7) is 0. The molecule has 3 nitrogen and oxygen atoms in total. The van der Waals surface area contributed by atoms with Crippen molar-refractivity contribution < 1.29 is 9.47 Å². The van der Waals surface area contributed by atoms with Crippen LogP contribution in [0.3, 0.4) is 0 Å². The highest BCUT2D eigenvalue weighted by atomic mass is 31.1. The van der Waals surface area contributed by atoms with Crippen molar-refractivity contribution in [1.29, 1.82) is 0 Å². The predicted octanol–water partition coefficient (Wildman–Crippen LogP) is 3.60. The van der Waals surface area contributed by atoms with E-state index in [1.807, 2.05) is 48.8 Å². The molecule has 0 aliphatic heterocycles. The first-order valence-electron chi connectivity index (χ1n) is 7.75. The van der Waals surface area contributed by atoms with Gasteiger partial charge >= 0.3 is 0 Å². The van der Waals surface area contributed by atoms with Gasteiger partial charge in [0, 0.05) is 29.2 Å². The molecular formula is C19H23NO2P2. The van der Waals surface area contributed by atoms with Crippen LogP contribution in [0.5, 0.6) is 11.5 Å². The first-order chi connectivity index (χ1) is 11.8. The maximum atomic E-state index is 5.36. The molecule has 0 bridgehead atoms. The summed E-state index contributed by atoms with van der Waals surface area (Å²) in [5.74, 6) is 1.92. The molecule has 0 saturated heterocycles. The summed E-state index contributed by atoms with van der Waals surface area (Å²) in [5.41, 5.74) is 0. The fraction of sp³-hybridized carbons (Fsp3) is 0.211. The third kappa shape index (κ3) is 6.07. The Morgan fingerprint density at radius 2 is 1.38 bits per heavy atom. The van der Waals surface area contributed by atoms with Gasteiger partial charge in [-0.2, -0.15) is 0 Å². The summed E-state index contributed by atoms with van der Waals surface area (Å²) in [6, 6.07) is 16.3. The molecule has 0 saturated carbocycles. The van der Waals surface area contributed by atoms with Gasteiger partial charge in [0.25, 0.3) is 0 Å². The average molecular weight is 359 g/mol. The van der Waals surface area contributed by atoms with Crippen LogP contribution in [0.1, 0.15) is 0 Å². The first-order valence-corrected chi connectivity index (χ1v) is 10.2. The largest absolute Gasteiger partial charge is 0.496 e. The number of rotatable bonds is 9. The van der Waals surface area contributed by atoms with E-state index in [0.717, 1.165) is 23.8 Å². The Hall–Kier alpha value is -1.69. The zero-order chi connectivity index (χ0) is 17.0. The minimum atomic E-state index is 0.675. The van der Waals surface area contributed by atoms with E-state index in [9.17, 15) is 0 Å². The molecule has 0 aliphatic rings. The quantitative estimate of drug-likeness (QED) is 0.506. The van der Waals surface area contributed by atoms with E-state index >= 15 is 0 Å². The SMILES string of the molecule is COc1ccccc1PCC=CN=CCPc1ccccc1OC. The second kappa shape index (κ2) is 11.0. The second-order valence-electron chi connectivity index (χ2n) is 4.88. The molecule has 5 heteroatoms. The molecular weight excluding hydrogens is 336 g/mol. The third-order valence-corrected chi connectivity index (χ3v) is 5.72. The van der Waals surface area contributed by atoms with Gasteiger partial charge in [-0.3, -0.25) is 4.99 Å². The lowest BCUT2D eigenvalue weighted by Crippen LogP contribution is -2.01. The van der Waals surface area contributed by atoms with Crippen molar-refractivity contribution in [3.05, 3.63) is 60.8 Å². The van der Waals surface area contributed by atoms with Gasteiger partial charge in [0.15, 0.2) is 0 Å². The number of aliphatic imine (C=N–C) groups is 1. The van der Waals surface area contributed by atoms with E-state index in [0.29, 0.717) is 17.2 Å². The second-order valence-corrected chi connectivity index (χ2v) is 7.48. The first kappa shape index (κ1) is 18.6. The van der Waals surface area contributed by atoms with Crippen molar-refractivity contribution in [3.63, 3.8) is 0 Å². The highest BCUT2D eigenvalue weighted by Gasteiger charge is 2.00. The van der Waals surface area contributed by atoms with Crippen molar-refractivity contribution in [2.75, 3.05) is 26.5 Å². The smallest absolute Gasteiger partial charge is 0.126 e. The molecule has 0 amide bonds. The van der Waals surface area contributed by atoms with E-state index in [4.69, 9.17) is 9.47 Å². The summed E-state index contributed by atoms with van der Waals surface area (Å²) >= 11 is 0. The zero-order valence-corrected chi connectivity index (χ0v) is 16.0. The number of benzene rings is 2. The van der Waals surface area contributed by atoms with Crippen molar-refractivity contribution in [1.82, 2.24) is 0 Å². The van der Waals surface area contributed by atoms with Crippen molar-refractivity contribution in [2.24, 2.45) is 4.99 Å². The Morgan fingerprint density at radius 3 is 1.96 bits per heavy atom. The predicted molar refractivity (Wildman–Crippen MR) is 109 cm³/mol. The van der Waals surface area contributed by atoms with Crippen LogP contribution in [0.15, 0.2) is 65.8 Å². The number of nitrogens with zero attached hydrogens (tertiary/aromatic N) is 1. The number of allylic oxidation sites excluding steroid dienone is 1. The summed E-state index contributed by atoms with van der Waals surface area (Å²) in [7, 11) is 4.80. The molecule has 2 rings (SSSR count). The van der Waals surface area contributed by atoms with Crippen LogP contribution in [0.25, 0.3) is 0 Å². The Balaban J connectivity index is 1.71. The maximum Gasteiger partial charge on any atom is 0.126 e. The van der Waals surface area contributed by atoms with Crippen LogP contribution in [0.4, 0.5) is 0 Å². The molecule has 0 radical (unpaired) electrons. The fourth-order valence-electron chi connectivity index (χ4n) is 2.13. The molecule has 24 heavy (non-hydrogen) atoms. The van der Waals surface area contributed by atoms with E-state index < -0.39 is 0 Å². The monoisotopic (exact) mass is 359 g/mol. The Bertz CT molecular complexity index is 627. The zero-order valence-electron chi connectivity index (χ0n) is 14.0. The fourth-order valence-corrected chi connectivity index (χ4v) is 4.14. The van der Waals surface area contributed by atoms with Crippen molar-refractivity contribution in [2.45, 2.75) is 0 Å². The van der Waals surface area contributed by atoms with E-state index in [1.165, 1.54) is 10.6 Å². The van der Waals surface area contributed by atoms with Gasteiger partial charge in [-0.1, -0.05) is 59.6 Å². The molecule has 0 aromatic heterocycles. The number of ether oxygens (including phenoxy) is 2. The number of hydrogen-bond acceptors (Lipinski definition) is 3. The van der Waals surface area contributed by atoms with Crippen LogP contribution in [-0.4, -0.2) is 32.8 Å². The lowest BCUT2D eigenvalue weighted by molar-refractivity contribution is 0.418. The molecule has 0 N–H and O–H groups in total. The molecule has 2 aromatic carbocycles. The van der Waals surface area contributed by atoms with Crippen LogP contribution in [0.2, 0.25) is 0 Å². The summed E-state index contributed by atoms with van der Waals surface area (Å²) in [4.78, 5) is 4.35.